The molecule has 0 heterocycles. The zero-order chi connectivity index (χ0) is 13.0. The molecule has 0 aliphatic carbocycles. The molecule has 0 aliphatic heterocycles. The van der Waals surface area contributed by atoms with E-state index >= 15 is 0 Å². The fraction of sp³-hybridized carbons (Fsp3) is 0. The van der Waals surface area contributed by atoms with Crippen LogP contribution in [0.5, 0.6) is 0 Å². The Hall–Kier alpha value is -2.27. The predicted octanol–water partition coefficient (Wildman–Crippen LogP) is 4.66. The third kappa shape index (κ3) is 2.70. The minimum absolute atomic E-state index is 0.0458. The van der Waals surface area contributed by atoms with E-state index in [4.69, 9.17) is 11.6 Å². The second kappa shape index (κ2) is 5.37. The SMILES string of the molecule is O=[N+]([O-])c1c(Cl)cccc1N=Nc1ccccc1. The van der Waals surface area contributed by atoms with E-state index in [-0.39, 0.29) is 16.4 Å². The number of halogens is 1. The van der Waals surface area contributed by atoms with E-state index < -0.39 is 4.92 Å². The van der Waals surface area contributed by atoms with Gasteiger partial charge in [-0.3, -0.25) is 10.1 Å². The zero-order valence-corrected chi connectivity index (χ0v) is 9.91. The van der Waals surface area contributed by atoms with Crippen molar-refractivity contribution in [2.24, 2.45) is 10.2 Å². The zero-order valence-electron chi connectivity index (χ0n) is 9.15. The van der Waals surface area contributed by atoms with Gasteiger partial charge in [-0.1, -0.05) is 35.9 Å². The van der Waals surface area contributed by atoms with Gasteiger partial charge in [0.15, 0.2) is 5.69 Å². The Labute approximate surface area is 108 Å². The van der Waals surface area contributed by atoms with Crippen molar-refractivity contribution in [3.05, 3.63) is 63.7 Å². The highest BCUT2D eigenvalue weighted by Gasteiger charge is 2.17. The van der Waals surface area contributed by atoms with Crippen LogP contribution in [-0.4, -0.2) is 4.92 Å². The predicted molar refractivity (Wildman–Crippen MR) is 68.7 cm³/mol. The fourth-order valence-corrected chi connectivity index (χ4v) is 1.61. The summed E-state index contributed by atoms with van der Waals surface area (Å²) in [4.78, 5) is 10.3. The van der Waals surface area contributed by atoms with Crippen LogP contribution < -0.4 is 0 Å². The molecule has 0 aromatic heterocycles. The van der Waals surface area contributed by atoms with Crippen LogP contribution in [0.2, 0.25) is 5.02 Å². The number of nitro groups is 1. The van der Waals surface area contributed by atoms with Gasteiger partial charge in [0.1, 0.15) is 5.02 Å². The minimum Gasteiger partial charge on any atom is -0.258 e. The van der Waals surface area contributed by atoms with Crippen molar-refractivity contribution in [2.45, 2.75) is 0 Å². The number of para-hydroxylation sites is 1. The molecule has 0 saturated heterocycles. The van der Waals surface area contributed by atoms with Gasteiger partial charge in [-0.05, 0) is 24.3 Å². The molecular formula is C12H8ClN3O2. The van der Waals surface area contributed by atoms with Gasteiger partial charge in [0, 0.05) is 0 Å². The lowest BCUT2D eigenvalue weighted by Crippen LogP contribution is -1.89. The van der Waals surface area contributed by atoms with Crippen molar-refractivity contribution >= 4 is 28.7 Å². The van der Waals surface area contributed by atoms with E-state index in [0.717, 1.165) is 0 Å². The second-order valence-electron chi connectivity index (χ2n) is 3.40. The lowest BCUT2D eigenvalue weighted by Gasteiger charge is -1.98. The minimum atomic E-state index is -0.568. The van der Waals surface area contributed by atoms with Crippen molar-refractivity contribution in [1.29, 1.82) is 0 Å². The summed E-state index contributed by atoms with van der Waals surface area (Å²) < 4.78 is 0. The first-order chi connectivity index (χ1) is 8.68. The average Bonchev–Trinajstić information content (AvgIpc) is 2.37. The lowest BCUT2D eigenvalue weighted by molar-refractivity contribution is -0.383. The molecule has 5 nitrogen and oxygen atoms in total. The Morgan fingerprint density at radius 3 is 2.39 bits per heavy atom. The molecule has 2 aromatic carbocycles. The van der Waals surface area contributed by atoms with Gasteiger partial charge in [-0.25, -0.2) is 0 Å². The van der Waals surface area contributed by atoms with E-state index in [9.17, 15) is 10.1 Å². The Morgan fingerprint density at radius 2 is 1.72 bits per heavy atom. The monoisotopic (exact) mass is 261 g/mol. The standard InChI is InChI=1S/C12H8ClN3O2/c13-10-7-4-8-11(12(10)16(17)18)15-14-9-5-2-1-3-6-9/h1-8H. The number of benzene rings is 2. The Kier molecular flexibility index (Phi) is 3.64. The number of azo groups is 1. The third-order valence-electron chi connectivity index (χ3n) is 2.18. The topological polar surface area (TPSA) is 67.9 Å². The van der Waals surface area contributed by atoms with Gasteiger partial charge < -0.3 is 0 Å². The summed E-state index contributed by atoms with van der Waals surface area (Å²) in [6, 6.07) is 13.5. The van der Waals surface area contributed by atoms with Gasteiger partial charge in [0.05, 0.1) is 10.6 Å². The molecule has 90 valence electrons. The van der Waals surface area contributed by atoms with E-state index in [2.05, 4.69) is 10.2 Å². The quantitative estimate of drug-likeness (QED) is 0.458. The highest BCUT2D eigenvalue weighted by molar-refractivity contribution is 6.33. The molecule has 0 amide bonds. The van der Waals surface area contributed by atoms with E-state index in [1.165, 1.54) is 12.1 Å². The summed E-state index contributed by atoms with van der Waals surface area (Å²) in [6.07, 6.45) is 0. The number of nitro benzene ring substituents is 1. The van der Waals surface area contributed by atoms with Crippen LogP contribution in [0.3, 0.4) is 0 Å². The molecule has 0 bridgehead atoms. The van der Waals surface area contributed by atoms with Crippen LogP contribution in [0.4, 0.5) is 17.1 Å². The maximum Gasteiger partial charge on any atom is 0.315 e. The first kappa shape index (κ1) is 12.2. The van der Waals surface area contributed by atoms with Crippen LogP contribution in [0, 0.1) is 10.1 Å². The molecule has 0 spiro atoms. The van der Waals surface area contributed by atoms with Crippen molar-refractivity contribution < 1.29 is 4.92 Å². The number of hydrogen-bond donors (Lipinski definition) is 0. The van der Waals surface area contributed by atoms with Crippen LogP contribution in [-0.2, 0) is 0 Å². The Morgan fingerprint density at radius 1 is 1.00 bits per heavy atom. The molecule has 2 aromatic rings. The number of hydrogen-bond acceptors (Lipinski definition) is 4. The highest BCUT2D eigenvalue weighted by atomic mass is 35.5. The molecule has 0 saturated carbocycles. The van der Waals surface area contributed by atoms with Gasteiger partial charge in [0.25, 0.3) is 0 Å². The van der Waals surface area contributed by atoms with E-state index in [1.807, 2.05) is 6.07 Å². The van der Waals surface area contributed by atoms with Crippen LogP contribution in [0.1, 0.15) is 0 Å². The molecule has 6 heteroatoms. The van der Waals surface area contributed by atoms with Crippen molar-refractivity contribution in [1.82, 2.24) is 0 Å². The van der Waals surface area contributed by atoms with Crippen LogP contribution in [0.25, 0.3) is 0 Å². The fourth-order valence-electron chi connectivity index (χ4n) is 1.37. The summed E-state index contributed by atoms with van der Waals surface area (Å²) >= 11 is 5.76. The molecule has 0 N–H and O–H groups in total. The molecule has 0 unspecified atom stereocenters. The maximum atomic E-state index is 10.9. The van der Waals surface area contributed by atoms with E-state index in [0.29, 0.717) is 5.69 Å². The van der Waals surface area contributed by atoms with Crippen molar-refractivity contribution in [3.63, 3.8) is 0 Å². The molecule has 0 fully saturated rings. The second-order valence-corrected chi connectivity index (χ2v) is 3.81. The summed E-state index contributed by atoms with van der Waals surface area (Å²) in [5.74, 6) is 0. The summed E-state index contributed by atoms with van der Waals surface area (Å²) in [6.45, 7) is 0. The molecule has 18 heavy (non-hydrogen) atoms. The van der Waals surface area contributed by atoms with Gasteiger partial charge in [-0.2, -0.15) is 5.11 Å². The van der Waals surface area contributed by atoms with Crippen LogP contribution in [0.15, 0.2) is 58.8 Å². The van der Waals surface area contributed by atoms with Crippen molar-refractivity contribution in [3.8, 4) is 0 Å². The normalized spacial score (nSPS) is 10.7. The summed E-state index contributed by atoms with van der Waals surface area (Å²) in [5, 5.41) is 18.7. The molecular weight excluding hydrogens is 254 g/mol. The Bertz CT molecular complexity index is 600. The van der Waals surface area contributed by atoms with Crippen LogP contribution >= 0.6 is 11.6 Å². The largest absolute Gasteiger partial charge is 0.315 e. The Balaban J connectivity index is 2.38. The molecule has 0 radical (unpaired) electrons. The highest BCUT2D eigenvalue weighted by Crippen LogP contribution is 2.35. The van der Waals surface area contributed by atoms with Gasteiger partial charge >= 0.3 is 5.69 Å². The van der Waals surface area contributed by atoms with Crippen molar-refractivity contribution in [2.75, 3.05) is 0 Å². The summed E-state index contributed by atoms with van der Waals surface area (Å²) in [5.41, 5.74) is 0.516. The first-order valence-electron chi connectivity index (χ1n) is 5.08. The van der Waals surface area contributed by atoms with Gasteiger partial charge in [-0.15, -0.1) is 5.11 Å². The third-order valence-corrected chi connectivity index (χ3v) is 2.48. The molecule has 0 aliphatic rings. The summed E-state index contributed by atoms with van der Waals surface area (Å²) in [7, 11) is 0. The maximum absolute atomic E-state index is 10.9. The molecule has 2 rings (SSSR count). The average molecular weight is 262 g/mol. The molecule has 0 atom stereocenters. The first-order valence-corrected chi connectivity index (χ1v) is 5.46. The smallest absolute Gasteiger partial charge is 0.258 e. The van der Waals surface area contributed by atoms with E-state index in [1.54, 1.807) is 30.3 Å². The number of nitrogens with zero attached hydrogens (tertiary/aromatic N) is 3. The lowest BCUT2D eigenvalue weighted by atomic mass is 10.3. The number of rotatable bonds is 3. The van der Waals surface area contributed by atoms with Gasteiger partial charge in [0.2, 0.25) is 0 Å².